The largest absolute Gasteiger partial charge is 0.385 e. The maximum atomic E-state index is 14.1. The summed E-state index contributed by atoms with van der Waals surface area (Å²) < 4.78 is 7.77. The van der Waals surface area contributed by atoms with E-state index in [1.165, 1.54) is 0 Å². The summed E-state index contributed by atoms with van der Waals surface area (Å²) in [6.07, 6.45) is 6.76. The number of hydrogen-bond acceptors (Lipinski definition) is 13. The van der Waals surface area contributed by atoms with E-state index in [9.17, 15) is 24.0 Å². The first kappa shape index (κ1) is 39.3. The second kappa shape index (κ2) is 17.1. The van der Waals surface area contributed by atoms with E-state index in [-0.39, 0.29) is 42.5 Å². The number of piperidine rings is 1. The molecule has 300 valence electrons. The second-order valence-corrected chi connectivity index (χ2v) is 14.7. The van der Waals surface area contributed by atoms with Crippen LogP contribution in [0.2, 0.25) is 0 Å². The van der Waals surface area contributed by atoms with Crippen LogP contribution in [0.3, 0.4) is 0 Å². The molecule has 0 aliphatic carbocycles. The Kier molecular flexibility index (Phi) is 11.8. The minimum Gasteiger partial charge on any atom is -0.385 e. The van der Waals surface area contributed by atoms with Crippen molar-refractivity contribution in [2.75, 3.05) is 49.6 Å². The molecule has 3 saturated heterocycles. The summed E-state index contributed by atoms with van der Waals surface area (Å²) in [6, 6.07) is 9.89. The molecule has 17 heteroatoms. The third kappa shape index (κ3) is 8.16. The highest BCUT2D eigenvalue weighted by atomic mass is 16.5. The van der Waals surface area contributed by atoms with E-state index >= 15 is 0 Å². The number of ether oxygens (including phenoxy) is 1. The van der Waals surface area contributed by atoms with Crippen molar-refractivity contribution in [2.24, 2.45) is 5.73 Å². The molecule has 0 bridgehead atoms. The summed E-state index contributed by atoms with van der Waals surface area (Å²) >= 11 is 0. The van der Waals surface area contributed by atoms with Crippen LogP contribution in [0.15, 0.2) is 65.8 Å². The predicted molar refractivity (Wildman–Crippen MR) is 210 cm³/mol. The Bertz CT molecular complexity index is 2130. The van der Waals surface area contributed by atoms with Crippen LogP contribution in [-0.4, -0.2) is 117 Å². The molecule has 4 aliphatic rings. The molecule has 2 aromatic heterocycles. The summed E-state index contributed by atoms with van der Waals surface area (Å²) in [5.74, 6) is -0.767. The fourth-order valence-electron chi connectivity index (χ4n) is 7.91. The van der Waals surface area contributed by atoms with Crippen LogP contribution in [0.5, 0.6) is 0 Å². The number of benzene rings is 1. The van der Waals surface area contributed by atoms with E-state index in [1.807, 2.05) is 35.8 Å². The monoisotopic (exact) mass is 779 g/mol. The normalized spacial score (nSPS) is 22.1. The van der Waals surface area contributed by atoms with Gasteiger partial charge in [0.2, 0.25) is 11.8 Å². The molecule has 6 heterocycles. The zero-order chi connectivity index (χ0) is 40.2. The van der Waals surface area contributed by atoms with Crippen LogP contribution in [0, 0.1) is 0 Å². The number of rotatable bonds is 15. The van der Waals surface area contributed by atoms with Crippen molar-refractivity contribution in [2.45, 2.75) is 77.5 Å². The first-order valence-electron chi connectivity index (χ1n) is 19.6. The van der Waals surface area contributed by atoms with Gasteiger partial charge in [0.1, 0.15) is 29.7 Å². The van der Waals surface area contributed by atoms with Gasteiger partial charge in [-0.05, 0) is 83.3 Å². The van der Waals surface area contributed by atoms with Crippen LogP contribution in [-0.2, 0) is 25.7 Å². The lowest BCUT2D eigenvalue weighted by molar-refractivity contribution is -0.136. The topological polar surface area (TPSA) is 210 Å². The number of fused-ring (bicyclic) bond motifs is 1. The molecule has 3 atom stereocenters. The Morgan fingerprint density at radius 1 is 1.05 bits per heavy atom. The van der Waals surface area contributed by atoms with Gasteiger partial charge in [-0.1, -0.05) is 12.1 Å². The van der Waals surface area contributed by atoms with Crippen LogP contribution in [0.25, 0.3) is 11.5 Å². The maximum absolute atomic E-state index is 14.1. The molecule has 0 radical (unpaired) electrons. The Morgan fingerprint density at radius 2 is 1.88 bits per heavy atom. The Morgan fingerprint density at radius 3 is 2.65 bits per heavy atom. The third-order valence-corrected chi connectivity index (χ3v) is 11.0. The van der Waals surface area contributed by atoms with Gasteiger partial charge >= 0.3 is 0 Å². The number of nitrogens with zero attached hydrogens (tertiary/aromatic N) is 7. The smallest absolute Gasteiger partial charge is 0.262 e. The van der Waals surface area contributed by atoms with Gasteiger partial charge in [-0.25, -0.2) is 4.98 Å². The molecule has 3 fully saturated rings. The number of nitrogens with one attached hydrogen (secondary N) is 3. The van der Waals surface area contributed by atoms with Crippen molar-refractivity contribution < 1.29 is 28.7 Å². The molecule has 3 aromatic rings. The number of imide groups is 2. The van der Waals surface area contributed by atoms with Crippen molar-refractivity contribution in [1.29, 1.82) is 0 Å². The number of anilines is 2. The number of carbonyl (C=O) groups excluding carboxylic acids is 5. The van der Waals surface area contributed by atoms with Gasteiger partial charge in [-0.15, -0.1) is 10.2 Å². The summed E-state index contributed by atoms with van der Waals surface area (Å²) in [7, 11) is 0. The molecule has 0 spiro atoms. The SMILES string of the molecule is CCn1cnnc1-c1cccc(N2CC(=C(/N)NCCOCCCNc3ccc4c(c3)C(=O)N(C3CCC(=O)NC3=O)C4=O)/C(=C\C(C)N3CCC[C@H]3C)C2=O)n1. The zero-order valence-corrected chi connectivity index (χ0v) is 32.5. The Balaban J connectivity index is 0.932. The van der Waals surface area contributed by atoms with E-state index < -0.39 is 29.7 Å². The Labute approximate surface area is 330 Å². The lowest BCUT2D eigenvalue weighted by atomic mass is 10.0. The fraction of sp³-hybridized carbons (Fsp3) is 0.450. The van der Waals surface area contributed by atoms with Crippen LogP contribution in [0.1, 0.15) is 73.6 Å². The second-order valence-electron chi connectivity index (χ2n) is 14.7. The standard InChI is InChI=1S/C40H49N11O6/c1-4-48-23-44-47-36(48)31-9-5-10-33(45-31)50-22-30(28(38(50)54)20-25(3)49-17-6-8-24(49)2)35(41)43-16-19-57-18-7-15-42-26-11-12-27-29(21-26)40(56)51(39(27)55)32-13-14-34(52)46-37(32)53/h5,9-12,20-21,23-25,32,42-43H,4,6-8,13-19,22,41H2,1-3H3,(H,46,52,53)/b28-20+,35-30+/t24-,25?,32?/m1/s1. The Hall–Kier alpha value is -5.94. The van der Waals surface area contributed by atoms with Crippen LogP contribution < -0.4 is 26.6 Å². The summed E-state index contributed by atoms with van der Waals surface area (Å²) in [5.41, 5.74) is 9.66. The summed E-state index contributed by atoms with van der Waals surface area (Å²) in [4.78, 5) is 74.0. The van der Waals surface area contributed by atoms with Crippen molar-refractivity contribution in [3.05, 3.63) is 76.9 Å². The highest BCUT2D eigenvalue weighted by Crippen LogP contribution is 2.32. The highest BCUT2D eigenvalue weighted by Gasteiger charge is 2.44. The number of amides is 5. The molecular formula is C40H49N11O6. The molecule has 17 nitrogen and oxygen atoms in total. The van der Waals surface area contributed by atoms with Crippen LogP contribution in [0.4, 0.5) is 11.5 Å². The predicted octanol–water partition coefficient (Wildman–Crippen LogP) is 2.19. The number of likely N-dealkylation sites (tertiary alicyclic amines) is 1. The van der Waals surface area contributed by atoms with Gasteiger partial charge in [0, 0.05) is 61.6 Å². The van der Waals surface area contributed by atoms with Gasteiger partial charge in [0.05, 0.1) is 24.3 Å². The first-order valence-corrected chi connectivity index (χ1v) is 19.6. The van der Waals surface area contributed by atoms with E-state index in [4.69, 9.17) is 15.5 Å². The number of aryl methyl sites for hydroxylation is 1. The van der Waals surface area contributed by atoms with E-state index in [0.717, 1.165) is 24.3 Å². The number of pyridine rings is 1. The number of nitrogens with two attached hydrogens (primary N) is 1. The van der Waals surface area contributed by atoms with Crippen molar-refractivity contribution in [1.82, 2.24) is 40.2 Å². The molecule has 1 aromatic carbocycles. The number of aromatic nitrogens is 4. The van der Waals surface area contributed by atoms with Crippen molar-refractivity contribution >= 4 is 41.0 Å². The van der Waals surface area contributed by atoms with Crippen LogP contribution >= 0.6 is 0 Å². The molecular weight excluding hydrogens is 731 g/mol. The average Bonchev–Trinajstić information content (AvgIpc) is 3.99. The average molecular weight is 780 g/mol. The minimum atomic E-state index is -1.01. The van der Waals surface area contributed by atoms with Gasteiger partial charge in [0.15, 0.2) is 5.82 Å². The molecule has 7 rings (SSSR count). The third-order valence-electron chi connectivity index (χ3n) is 11.0. The van der Waals surface area contributed by atoms with Crippen molar-refractivity contribution in [3.63, 3.8) is 0 Å². The molecule has 57 heavy (non-hydrogen) atoms. The molecule has 2 unspecified atom stereocenters. The lowest BCUT2D eigenvalue weighted by Gasteiger charge is -2.27. The van der Waals surface area contributed by atoms with E-state index in [1.54, 1.807) is 29.4 Å². The zero-order valence-electron chi connectivity index (χ0n) is 32.5. The maximum Gasteiger partial charge on any atom is 0.262 e. The summed E-state index contributed by atoms with van der Waals surface area (Å²) in [6.45, 7) is 10.1. The van der Waals surface area contributed by atoms with Gasteiger partial charge in [-0.2, -0.15) is 0 Å². The number of carbonyl (C=O) groups is 5. The fourth-order valence-corrected chi connectivity index (χ4v) is 7.91. The molecule has 0 saturated carbocycles. The highest BCUT2D eigenvalue weighted by molar-refractivity contribution is 6.23. The molecule has 5 N–H and O–H groups in total. The van der Waals surface area contributed by atoms with E-state index in [0.29, 0.717) is 85.3 Å². The van der Waals surface area contributed by atoms with Gasteiger partial charge in [-0.3, -0.25) is 44.0 Å². The minimum absolute atomic E-state index is 0.0378. The van der Waals surface area contributed by atoms with E-state index in [2.05, 4.69) is 44.9 Å². The molecule has 4 aliphatic heterocycles. The first-order chi connectivity index (χ1) is 27.5. The summed E-state index contributed by atoms with van der Waals surface area (Å²) in [5, 5.41) is 17.0. The lowest BCUT2D eigenvalue weighted by Crippen LogP contribution is -2.54. The quantitative estimate of drug-likeness (QED) is 0.0992. The molecule has 5 amide bonds. The number of hydrogen-bond donors (Lipinski definition) is 4. The van der Waals surface area contributed by atoms with Gasteiger partial charge < -0.3 is 25.7 Å². The van der Waals surface area contributed by atoms with Gasteiger partial charge in [0.25, 0.3) is 17.7 Å². The van der Waals surface area contributed by atoms with Crippen molar-refractivity contribution in [3.8, 4) is 11.5 Å².